The normalized spacial score (nSPS) is 17.2. The van der Waals surface area contributed by atoms with E-state index >= 15 is 0 Å². The van der Waals surface area contributed by atoms with Crippen LogP contribution in [0.5, 0.6) is 5.75 Å². The quantitative estimate of drug-likeness (QED) is 0.588. The molecule has 2 amide bonds. The third-order valence-electron chi connectivity index (χ3n) is 4.94. The summed E-state index contributed by atoms with van der Waals surface area (Å²) in [6.07, 6.45) is 2.90. The van der Waals surface area contributed by atoms with E-state index in [4.69, 9.17) is 9.47 Å². The monoisotopic (exact) mass is 454 g/mol. The lowest BCUT2D eigenvalue weighted by atomic mass is 9.97. The van der Waals surface area contributed by atoms with Crippen LogP contribution in [0.2, 0.25) is 0 Å². The summed E-state index contributed by atoms with van der Waals surface area (Å²) in [5.74, 6) is 0.253. The van der Waals surface area contributed by atoms with Gasteiger partial charge in [-0.15, -0.1) is 0 Å². The third kappa shape index (κ3) is 8.05. The number of carbonyl (C=O) groups is 2. The highest BCUT2D eigenvalue weighted by Gasteiger charge is 2.32. The van der Waals surface area contributed by atoms with E-state index < -0.39 is 15.4 Å². The lowest BCUT2D eigenvalue weighted by Crippen LogP contribution is -2.47. The molecule has 174 valence electrons. The van der Waals surface area contributed by atoms with Gasteiger partial charge in [0.05, 0.1) is 17.4 Å². The minimum Gasteiger partial charge on any atom is -0.493 e. The molecule has 1 saturated heterocycles. The number of likely N-dealkylation sites (tertiary alicyclic amines) is 1. The summed E-state index contributed by atoms with van der Waals surface area (Å²) in [6, 6.07) is 6.37. The zero-order valence-electron chi connectivity index (χ0n) is 19.1. The van der Waals surface area contributed by atoms with Gasteiger partial charge in [0.1, 0.15) is 11.4 Å². The molecule has 0 N–H and O–H groups in total. The summed E-state index contributed by atoms with van der Waals surface area (Å²) in [4.78, 5) is 28.6. The van der Waals surface area contributed by atoms with Crippen molar-refractivity contribution in [1.29, 1.82) is 0 Å². The zero-order valence-corrected chi connectivity index (χ0v) is 19.9. The molecular formula is C22H34N2O6S. The van der Waals surface area contributed by atoms with Crippen molar-refractivity contribution in [3.05, 3.63) is 24.3 Å². The molecule has 8 nitrogen and oxygen atoms in total. The van der Waals surface area contributed by atoms with Crippen LogP contribution in [0, 0.1) is 5.92 Å². The predicted octanol–water partition coefficient (Wildman–Crippen LogP) is 2.96. The molecule has 1 heterocycles. The number of nitrogens with zero attached hydrogens (tertiary/aromatic N) is 2. The molecule has 1 aromatic carbocycles. The lowest BCUT2D eigenvalue weighted by Gasteiger charge is -2.35. The van der Waals surface area contributed by atoms with Crippen LogP contribution in [-0.4, -0.2) is 75.4 Å². The van der Waals surface area contributed by atoms with Crippen LogP contribution < -0.4 is 4.74 Å². The minimum absolute atomic E-state index is 0.00679. The molecule has 1 aliphatic rings. The second-order valence-electron chi connectivity index (χ2n) is 8.97. The molecule has 0 aliphatic carbocycles. The maximum Gasteiger partial charge on any atom is 0.410 e. The molecular weight excluding hydrogens is 420 g/mol. The number of carbonyl (C=O) groups excluding carboxylic acids is 2. The Morgan fingerprint density at radius 3 is 2.61 bits per heavy atom. The standard InChI is InChI=1S/C22H34N2O6S/c1-22(2,3)30-21(26)24-13-7-9-17(16-24)20(25)23(4)12-8-14-29-18-10-6-11-19(15-18)31(5,27)28/h6,10-11,15,17H,7-9,12-14,16H2,1-5H3. The van der Waals surface area contributed by atoms with E-state index in [0.717, 1.165) is 19.1 Å². The van der Waals surface area contributed by atoms with Gasteiger partial charge in [0, 0.05) is 32.9 Å². The van der Waals surface area contributed by atoms with Crippen LogP contribution in [0.15, 0.2) is 29.2 Å². The Labute approximate surface area is 185 Å². The Bertz CT molecular complexity index is 878. The van der Waals surface area contributed by atoms with Gasteiger partial charge in [-0.2, -0.15) is 0 Å². The summed E-state index contributed by atoms with van der Waals surface area (Å²) >= 11 is 0. The van der Waals surface area contributed by atoms with Gasteiger partial charge in [-0.3, -0.25) is 4.79 Å². The maximum atomic E-state index is 12.8. The number of ether oxygens (including phenoxy) is 2. The van der Waals surface area contributed by atoms with Crippen LogP contribution >= 0.6 is 0 Å². The van der Waals surface area contributed by atoms with Crippen molar-refractivity contribution in [1.82, 2.24) is 9.80 Å². The van der Waals surface area contributed by atoms with E-state index in [9.17, 15) is 18.0 Å². The minimum atomic E-state index is -3.28. The predicted molar refractivity (Wildman–Crippen MR) is 118 cm³/mol. The fourth-order valence-electron chi connectivity index (χ4n) is 3.38. The Kier molecular flexibility index (Phi) is 8.34. The molecule has 0 radical (unpaired) electrons. The Morgan fingerprint density at radius 1 is 1.26 bits per heavy atom. The Hall–Kier alpha value is -2.29. The summed E-state index contributed by atoms with van der Waals surface area (Å²) in [7, 11) is -1.53. The van der Waals surface area contributed by atoms with Crippen molar-refractivity contribution >= 4 is 21.8 Å². The highest BCUT2D eigenvalue weighted by molar-refractivity contribution is 7.90. The average molecular weight is 455 g/mol. The maximum absolute atomic E-state index is 12.8. The van der Waals surface area contributed by atoms with Crippen molar-refractivity contribution in [3.8, 4) is 5.75 Å². The SMILES string of the molecule is CN(CCCOc1cccc(S(C)(=O)=O)c1)C(=O)C1CCCN(C(=O)OC(C)(C)C)C1. The first-order chi connectivity index (χ1) is 14.4. The van der Waals surface area contributed by atoms with E-state index in [0.29, 0.717) is 38.4 Å². The molecule has 1 aromatic rings. The molecule has 0 saturated carbocycles. The summed E-state index contributed by atoms with van der Waals surface area (Å²) in [5, 5.41) is 0. The molecule has 9 heteroatoms. The fourth-order valence-corrected chi connectivity index (χ4v) is 4.04. The molecule has 0 bridgehead atoms. The van der Waals surface area contributed by atoms with Crippen molar-refractivity contribution in [2.24, 2.45) is 5.92 Å². The molecule has 1 atom stereocenters. The van der Waals surface area contributed by atoms with E-state index in [-0.39, 0.29) is 22.8 Å². The van der Waals surface area contributed by atoms with Gasteiger partial charge in [0.2, 0.25) is 5.91 Å². The van der Waals surface area contributed by atoms with E-state index in [1.165, 1.54) is 12.1 Å². The van der Waals surface area contributed by atoms with E-state index in [1.807, 2.05) is 20.8 Å². The molecule has 0 spiro atoms. The lowest BCUT2D eigenvalue weighted by molar-refractivity contribution is -0.135. The van der Waals surface area contributed by atoms with Crippen molar-refractivity contribution in [3.63, 3.8) is 0 Å². The topological polar surface area (TPSA) is 93.2 Å². The number of sulfone groups is 1. The fraction of sp³-hybridized carbons (Fsp3) is 0.636. The second kappa shape index (κ2) is 10.3. The van der Waals surface area contributed by atoms with Gasteiger partial charge in [-0.05, 0) is 58.2 Å². The first-order valence-electron chi connectivity index (χ1n) is 10.5. The van der Waals surface area contributed by atoms with Crippen LogP contribution in [-0.2, 0) is 19.4 Å². The van der Waals surface area contributed by atoms with Gasteiger partial charge in [-0.25, -0.2) is 13.2 Å². The molecule has 1 aliphatic heterocycles. The summed E-state index contributed by atoms with van der Waals surface area (Å²) in [5.41, 5.74) is -0.564. The van der Waals surface area contributed by atoms with E-state index in [2.05, 4.69) is 0 Å². The Morgan fingerprint density at radius 2 is 1.97 bits per heavy atom. The smallest absolute Gasteiger partial charge is 0.410 e. The summed E-state index contributed by atoms with van der Waals surface area (Å²) < 4.78 is 34.3. The molecule has 31 heavy (non-hydrogen) atoms. The first kappa shape index (κ1) is 25.0. The van der Waals surface area contributed by atoms with Crippen LogP contribution in [0.3, 0.4) is 0 Å². The van der Waals surface area contributed by atoms with Crippen LogP contribution in [0.25, 0.3) is 0 Å². The number of amides is 2. The largest absolute Gasteiger partial charge is 0.493 e. The summed E-state index contributed by atoms with van der Waals surface area (Å²) in [6.45, 7) is 7.31. The Balaban J connectivity index is 1.80. The number of hydrogen-bond acceptors (Lipinski definition) is 6. The number of benzene rings is 1. The molecule has 1 fully saturated rings. The highest BCUT2D eigenvalue weighted by atomic mass is 32.2. The van der Waals surface area contributed by atoms with Gasteiger partial charge >= 0.3 is 6.09 Å². The van der Waals surface area contributed by atoms with Gasteiger partial charge in [0.25, 0.3) is 0 Å². The van der Waals surface area contributed by atoms with Gasteiger partial charge < -0.3 is 19.3 Å². The average Bonchev–Trinajstić information content (AvgIpc) is 2.69. The van der Waals surface area contributed by atoms with Crippen molar-refractivity contribution < 1.29 is 27.5 Å². The zero-order chi connectivity index (χ0) is 23.2. The second-order valence-corrected chi connectivity index (χ2v) is 11.0. The van der Waals surface area contributed by atoms with Crippen LogP contribution in [0.1, 0.15) is 40.0 Å². The van der Waals surface area contributed by atoms with Gasteiger partial charge in [0.15, 0.2) is 9.84 Å². The third-order valence-corrected chi connectivity index (χ3v) is 6.05. The van der Waals surface area contributed by atoms with Crippen LogP contribution in [0.4, 0.5) is 4.79 Å². The number of piperidine rings is 1. The molecule has 1 unspecified atom stereocenters. The first-order valence-corrected chi connectivity index (χ1v) is 12.4. The number of rotatable bonds is 7. The highest BCUT2D eigenvalue weighted by Crippen LogP contribution is 2.21. The molecule has 0 aromatic heterocycles. The number of hydrogen-bond donors (Lipinski definition) is 0. The van der Waals surface area contributed by atoms with Crippen molar-refractivity contribution in [2.75, 3.05) is 39.5 Å². The van der Waals surface area contributed by atoms with Gasteiger partial charge in [-0.1, -0.05) is 6.07 Å². The van der Waals surface area contributed by atoms with Crippen molar-refractivity contribution in [2.45, 2.75) is 50.5 Å². The molecule has 2 rings (SSSR count). The van der Waals surface area contributed by atoms with E-state index in [1.54, 1.807) is 29.0 Å².